The Bertz CT molecular complexity index is 405. The first kappa shape index (κ1) is 14.5. The Morgan fingerprint density at radius 2 is 2.42 bits per heavy atom. The summed E-state index contributed by atoms with van der Waals surface area (Å²) < 4.78 is 7.61. The molecule has 2 rings (SSSR count). The highest BCUT2D eigenvalue weighted by molar-refractivity contribution is 5.02. The van der Waals surface area contributed by atoms with Crippen LogP contribution in [0.15, 0.2) is 12.3 Å². The van der Waals surface area contributed by atoms with Gasteiger partial charge in [-0.1, -0.05) is 19.8 Å². The van der Waals surface area contributed by atoms with Crippen LogP contribution in [0, 0.1) is 5.92 Å². The number of nitrogens with zero attached hydrogens (tertiary/aromatic N) is 2. The van der Waals surface area contributed by atoms with Gasteiger partial charge in [0.2, 0.25) is 0 Å². The molecule has 19 heavy (non-hydrogen) atoms. The van der Waals surface area contributed by atoms with E-state index >= 15 is 0 Å². The molecule has 0 aliphatic heterocycles. The van der Waals surface area contributed by atoms with Crippen LogP contribution in [0.3, 0.4) is 0 Å². The van der Waals surface area contributed by atoms with Gasteiger partial charge in [0.15, 0.2) is 0 Å². The molecule has 1 aliphatic rings. The number of rotatable bonds is 5. The van der Waals surface area contributed by atoms with Crippen LogP contribution in [0.4, 0.5) is 0 Å². The number of aryl methyl sites for hydroxylation is 2. The van der Waals surface area contributed by atoms with E-state index in [0.717, 1.165) is 37.8 Å². The third-order valence-electron chi connectivity index (χ3n) is 4.60. The molecule has 108 valence electrons. The van der Waals surface area contributed by atoms with Gasteiger partial charge < -0.3 is 9.84 Å². The van der Waals surface area contributed by atoms with Crippen LogP contribution < -0.4 is 0 Å². The average molecular weight is 266 g/mol. The highest BCUT2D eigenvalue weighted by atomic mass is 16.5. The molecular weight excluding hydrogens is 240 g/mol. The zero-order valence-electron chi connectivity index (χ0n) is 12.3. The molecule has 1 heterocycles. The van der Waals surface area contributed by atoms with Crippen molar-refractivity contribution in [2.24, 2.45) is 13.0 Å². The van der Waals surface area contributed by atoms with Gasteiger partial charge in [0.1, 0.15) is 0 Å². The Morgan fingerprint density at radius 3 is 3.00 bits per heavy atom. The number of aliphatic hydroxyl groups excluding tert-OH is 1. The van der Waals surface area contributed by atoms with Crippen molar-refractivity contribution in [3.8, 4) is 0 Å². The summed E-state index contributed by atoms with van der Waals surface area (Å²) in [6.45, 7) is 2.25. The number of hydrogen-bond acceptors (Lipinski definition) is 3. The largest absolute Gasteiger partial charge is 0.390 e. The first-order valence-corrected chi connectivity index (χ1v) is 7.27. The van der Waals surface area contributed by atoms with E-state index in [1.165, 1.54) is 6.42 Å². The summed E-state index contributed by atoms with van der Waals surface area (Å²) in [6, 6.07) is 2.01. The first-order chi connectivity index (χ1) is 9.07. The van der Waals surface area contributed by atoms with Crippen molar-refractivity contribution in [2.45, 2.75) is 57.2 Å². The number of aliphatic hydroxyl groups is 1. The van der Waals surface area contributed by atoms with Crippen LogP contribution in [0.1, 0.15) is 44.7 Å². The quantitative estimate of drug-likeness (QED) is 0.889. The van der Waals surface area contributed by atoms with Crippen molar-refractivity contribution < 1.29 is 9.84 Å². The van der Waals surface area contributed by atoms with Crippen molar-refractivity contribution in [2.75, 3.05) is 7.11 Å². The standard InChI is InChI=1S/C15H26N2O2/c1-12-5-4-9-15(11-12,19-3)14(18)7-6-13-8-10-16-17(13)2/h8,10,12,14,18H,4-7,9,11H2,1-3H3. The van der Waals surface area contributed by atoms with Crippen LogP contribution in [0.25, 0.3) is 0 Å². The number of methoxy groups -OCH3 is 1. The van der Waals surface area contributed by atoms with E-state index in [4.69, 9.17) is 4.74 Å². The lowest BCUT2D eigenvalue weighted by Gasteiger charge is -2.42. The molecule has 3 atom stereocenters. The van der Waals surface area contributed by atoms with Gasteiger partial charge in [-0.2, -0.15) is 5.10 Å². The minimum atomic E-state index is -0.393. The van der Waals surface area contributed by atoms with Crippen LogP contribution in [0.2, 0.25) is 0 Å². The van der Waals surface area contributed by atoms with E-state index in [-0.39, 0.29) is 5.60 Å². The maximum Gasteiger partial charge on any atom is 0.0939 e. The van der Waals surface area contributed by atoms with Crippen LogP contribution in [0.5, 0.6) is 0 Å². The summed E-state index contributed by atoms with van der Waals surface area (Å²) in [7, 11) is 3.68. The number of ether oxygens (including phenoxy) is 1. The third kappa shape index (κ3) is 3.18. The summed E-state index contributed by atoms with van der Waals surface area (Å²) in [4.78, 5) is 0. The lowest BCUT2D eigenvalue weighted by molar-refractivity contribution is -0.133. The minimum absolute atomic E-state index is 0.337. The zero-order chi connectivity index (χ0) is 13.9. The van der Waals surface area contributed by atoms with Crippen molar-refractivity contribution in [3.63, 3.8) is 0 Å². The smallest absolute Gasteiger partial charge is 0.0939 e. The first-order valence-electron chi connectivity index (χ1n) is 7.27. The summed E-state index contributed by atoms with van der Waals surface area (Å²) >= 11 is 0. The van der Waals surface area contributed by atoms with Crippen LogP contribution >= 0.6 is 0 Å². The van der Waals surface area contributed by atoms with E-state index in [0.29, 0.717) is 5.92 Å². The zero-order valence-corrected chi connectivity index (χ0v) is 12.3. The molecule has 1 aromatic heterocycles. The maximum absolute atomic E-state index is 10.6. The number of hydrogen-bond donors (Lipinski definition) is 1. The fraction of sp³-hybridized carbons (Fsp3) is 0.800. The van der Waals surface area contributed by atoms with Gasteiger partial charge in [0.25, 0.3) is 0 Å². The van der Waals surface area contributed by atoms with Crippen LogP contribution in [-0.2, 0) is 18.2 Å². The molecule has 0 amide bonds. The SMILES string of the molecule is COC1(C(O)CCc2ccnn2C)CCCC(C)C1. The molecule has 1 aliphatic carbocycles. The molecule has 0 spiro atoms. The molecule has 1 fully saturated rings. The Kier molecular flexibility index (Phi) is 4.63. The van der Waals surface area contributed by atoms with E-state index in [2.05, 4.69) is 12.0 Å². The van der Waals surface area contributed by atoms with Crippen LogP contribution in [-0.4, -0.2) is 33.7 Å². The predicted octanol–water partition coefficient (Wildman–Crippen LogP) is 2.31. The Hall–Kier alpha value is -0.870. The molecule has 1 N–H and O–H groups in total. The van der Waals surface area contributed by atoms with Crippen molar-refractivity contribution >= 4 is 0 Å². The van der Waals surface area contributed by atoms with Crippen molar-refractivity contribution in [3.05, 3.63) is 18.0 Å². The Balaban J connectivity index is 1.97. The second-order valence-electron chi connectivity index (χ2n) is 5.97. The highest BCUT2D eigenvalue weighted by Crippen LogP contribution is 2.38. The monoisotopic (exact) mass is 266 g/mol. The van der Waals surface area contributed by atoms with Crippen molar-refractivity contribution in [1.82, 2.24) is 9.78 Å². The molecule has 0 bridgehead atoms. The fourth-order valence-corrected chi connectivity index (χ4v) is 3.36. The van der Waals surface area contributed by atoms with Gasteiger partial charge in [-0.15, -0.1) is 0 Å². The normalized spacial score (nSPS) is 29.4. The summed E-state index contributed by atoms with van der Waals surface area (Å²) in [5, 5.41) is 14.7. The van der Waals surface area contributed by atoms with Gasteiger partial charge in [0, 0.05) is 26.0 Å². The lowest BCUT2D eigenvalue weighted by atomic mass is 9.74. The molecule has 1 saturated carbocycles. The van der Waals surface area contributed by atoms with Gasteiger partial charge in [0.05, 0.1) is 11.7 Å². The molecule has 1 aromatic rings. The second-order valence-corrected chi connectivity index (χ2v) is 5.97. The summed E-state index contributed by atoms with van der Waals surface area (Å²) in [5.41, 5.74) is 0.824. The predicted molar refractivity (Wildman–Crippen MR) is 74.9 cm³/mol. The molecule has 0 saturated heterocycles. The van der Waals surface area contributed by atoms with Crippen molar-refractivity contribution in [1.29, 1.82) is 0 Å². The Morgan fingerprint density at radius 1 is 1.63 bits per heavy atom. The highest BCUT2D eigenvalue weighted by Gasteiger charge is 2.41. The molecule has 3 unspecified atom stereocenters. The maximum atomic E-state index is 10.6. The van der Waals surface area contributed by atoms with Gasteiger partial charge in [-0.3, -0.25) is 4.68 Å². The van der Waals surface area contributed by atoms with Gasteiger partial charge in [-0.05, 0) is 37.7 Å². The molecule has 0 aromatic carbocycles. The Labute approximate surface area is 115 Å². The van der Waals surface area contributed by atoms with E-state index in [9.17, 15) is 5.11 Å². The fourth-order valence-electron chi connectivity index (χ4n) is 3.36. The minimum Gasteiger partial charge on any atom is -0.390 e. The molecular formula is C15H26N2O2. The average Bonchev–Trinajstić information content (AvgIpc) is 2.81. The lowest BCUT2D eigenvalue weighted by Crippen LogP contribution is -2.47. The van der Waals surface area contributed by atoms with E-state index < -0.39 is 6.10 Å². The van der Waals surface area contributed by atoms with E-state index in [1.54, 1.807) is 13.3 Å². The summed E-state index contributed by atoms with van der Waals surface area (Å²) in [5.74, 6) is 0.639. The third-order valence-corrected chi connectivity index (χ3v) is 4.60. The van der Waals surface area contributed by atoms with E-state index in [1.807, 2.05) is 17.8 Å². The second kappa shape index (κ2) is 6.06. The molecule has 0 radical (unpaired) electrons. The van der Waals surface area contributed by atoms with Gasteiger partial charge in [-0.25, -0.2) is 0 Å². The summed E-state index contributed by atoms with van der Waals surface area (Å²) in [6.07, 6.45) is 7.33. The van der Waals surface area contributed by atoms with Gasteiger partial charge >= 0.3 is 0 Å². The topological polar surface area (TPSA) is 47.3 Å². The molecule has 4 nitrogen and oxygen atoms in total. The number of aromatic nitrogens is 2. The molecule has 4 heteroatoms.